The Morgan fingerprint density at radius 2 is 2.09 bits per heavy atom. The van der Waals surface area contributed by atoms with Gasteiger partial charge in [-0.25, -0.2) is 8.42 Å². The van der Waals surface area contributed by atoms with Gasteiger partial charge in [-0.15, -0.1) is 0 Å². The molecule has 2 heterocycles. The fraction of sp³-hybridized carbons (Fsp3) is 1.00. The highest BCUT2D eigenvalue weighted by atomic mass is 32.2. The molecule has 2 fully saturated rings. The molecule has 2 atom stereocenters. The second-order valence-corrected chi connectivity index (χ2v) is 5.74. The van der Waals surface area contributed by atoms with Gasteiger partial charge in [0.15, 0.2) is 9.84 Å². The summed E-state index contributed by atoms with van der Waals surface area (Å²) < 4.78 is 22.3. The van der Waals surface area contributed by atoms with Crippen molar-refractivity contribution < 1.29 is 8.42 Å². The average Bonchev–Trinajstić information content (AvgIpc) is 2.31. The van der Waals surface area contributed by atoms with Gasteiger partial charge in [0, 0.05) is 6.04 Å². The van der Waals surface area contributed by atoms with Crippen molar-refractivity contribution in [2.24, 2.45) is 5.92 Å². The van der Waals surface area contributed by atoms with E-state index in [0.717, 1.165) is 19.4 Å². The van der Waals surface area contributed by atoms with Crippen LogP contribution in [0.5, 0.6) is 0 Å². The third-order valence-electron chi connectivity index (χ3n) is 2.70. The maximum absolute atomic E-state index is 11.2. The van der Waals surface area contributed by atoms with Crippen LogP contribution in [0.1, 0.15) is 12.8 Å². The van der Waals surface area contributed by atoms with Crippen molar-refractivity contribution >= 4 is 9.84 Å². The Hall–Kier alpha value is -0.0900. The molecular weight excluding hydrogens is 162 g/mol. The van der Waals surface area contributed by atoms with Crippen LogP contribution in [-0.2, 0) is 9.84 Å². The van der Waals surface area contributed by atoms with E-state index in [-0.39, 0.29) is 0 Å². The van der Waals surface area contributed by atoms with Crippen molar-refractivity contribution in [3.8, 4) is 0 Å². The fourth-order valence-electron chi connectivity index (χ4n) is 2.08. The minimum absolute atomic E-state index is 0.390. The Kier molecular flexibility index (Phi) is 1.68. The monoisotopic (exact) mass is 175 g/mol. The summed E-state index contributed by atoms with van der Waals surface area (Å²) in [4.78, 5) is 0. The molecule has 0 bridgehead atoms. The quantitative estimate of drug-likeness (QED) is 0.554. The predicted octanol–water partition coefficient (Wildman–Crippen LogP) is -0.217. The minimum atomic E-state index is -2.68. The van der Waals surface area contributed by atoms with Crippen LogP contribution in [0.15, 0.2) is 0 Å². The molecule has 0 aromatic carbocycles. The van der Waals surface area contributed by atoms with Gasteiger partial charge in [0.25, 0.3) is 0 Å². The van der Waals surface area contributed by atoms with Gasteiger partial charge >= 0.3 is 0 Å². The van der Waals surface area contributed by atoms with Crippen LogP contribution in [0.2, 0.25) is 0 Å². The van der Waals surface area contributed by atoms with Crippen LogP contribution < -0.4 is 5.32 Å². The van der Waals surface area contributed by atoms with Gasteiger partial charge in [0.05, 0.1) is 11.5 Å². The van der Waals surface area contributed by atoms with E-state index in [1.165, 1.54) is 0 Å². The van der Waals surface area contributed by atoms with Gasteiger partial charge in [-0.05, 0) is 25.3 Å². The van der Waals surface area contributed by atoms with Crippen LogP contribution in [0.25, 0.3) is 0 Å². The molecule has 1 N–H and O–H groups in total. The van der Waals surface area contributed by atoms with Crippen molar-refractivity contribution in [3.05, 3.63) is 0 Å². The second-order valence-electron chi connectivity index (χ2n) is 3.51. The molecule has 0 amide bonds. The van der Waals surface area contributed by atoms with Crippen LogP contribution >= 0.6 is 0 Å². The maximum Gasteiger partial charge on any atom is 0.150 e. The number of hydrogen-bond donors (Lipinski definition) is 1. The molecule has 0 saturated carbocycles. The molecule has 2 aliphatic rings. The van der Waals surface area contributed by atoms with Gasteiger partial charge in [0.2, 0.25) is 0 Å². The molecule has 0 radical (unpaired) electrons. The number of hydrogen-bond acceptors (Lipinski definition) is 3. The number of nitrogens with one attached hydrogen (secondary N) is 1. The van der Waals surface area contributed by atoms with Crippen molar-refractivity contribution in [3.63, 3.8) is 0 Å². The Bertz CT molecular complexity index is 247. The zero-order valence-electron chi connectivity index (χ0n) is 6.41. The standard InChI is InChI=1S/C7H13NO2S/c9-11(10)4-2-7-6(5-11)1-3-8-7/h6-8H,1-5H2/t6-,7-/m1/s1. The average molecular weight is 175 g/mol. The lowest BCUT2D eigenvalue weighted by atomic mass is 10.0. The molecule has 4 heteroatoms. The summed E-state index contributed by atoms with van der Waals surface area (Å²) in [5.41, 5.74) is 0. The molecule has 64 valence electrons. The van der Waals surface area contributed by atoms with Crippen molar-refractivity contribution in [2.75, 3.05) is 18.1 Å². The normalized spacial score (nSPS) is 41.8. The molecule has 2 aliphatic heterocycles. The van der Waals surface area contributed by atoms with Crippen molar-refractivity contribution in [1.29, 1.82) is 0 Å². The highest BCUT2D eigenvalue weighted by Gasteiger charge is 2.35. The van der Waals surface area contributed by atoms with E-state index < -0.39 is 9.84 Å². The first-order valence-corrected chi connectivity index (χ1v) is 5.93. The Morgan fingerprint density at radius 1 is 1.27 bits per heavy atom. The highest BCUT2D eigenvalue weighted by Crippen LogP contribution is 2.25. The molecule has 0 aromatic rings. The van der Waals surface area contributed by atoms with Gasteiger partial charge in [-0.2, -0.15) is 0 Å². The first-order valence-electron chi connectivity index (χ1n) is 4.11. The summed E-state index contributed by atoms with van der Waals surface area (Å²) in [6.07, 6.45) is 1.87. The summed E-state index contributed by atoms with van der Waals surface area (Å²) in [6.45, 7) is 1.00. The summed E-state index contributed by atoms with van der Waals surface area (Å²) in [5.74, 6) is 1.22. The highest BCUT2D eigenvalue weighted by molar-refractivity contribution is 7.91. The molecule has 0 unspecified atom stereocenters. The third-order valence-corrected chi connectivity index (χ3v) is 4.49. The molecule has 0 aromatic heterocycles. The second kappa shape index (κ2) is 2.45. The number of rotatable bonds is 0. The fourth-order valence-corrected chi connectivity index (χ4v) is 3.91. The Balaban J connectivity index is 2.14. The van der Waals surface area contributed by atoms with Gasteiger partial charge in [-0.1, -0.05) is 0 Å². The summed E-state index contributed by atoms with van der Waals surface area (Å²) in [5, 5.41) is 3.33. The number of fused-ring (bicyclic) bond motifs is 1. The lowest BCUT2D eigenvalue weighted by molar-refractivity contribution is 0.443. The van der Waals surface area contributed by atoms with Crippen molar-refractivity contribution in [1.82, 2.24) is 5.32 Å². The summed E-state index contributed by atoms with van der Waals surface area (Å²) >= 11 is 0. The van der Waals surface area contributed by atoms with Gasteiger partial charge < -0.3 is 5.32 Å². The Labute approximate surface area is 67.1 Å². The van der Waals surface area contributed by atoms with Gasteiger partial charge in [0.1, 0.15) is 0 Å². The molecule has 2 saturated heterocycles. The minimum Gasteiger partial charge on any atom is -0.314 e. The zero-order valence-corrected chi connectivity index (χ0v) is 7.23. The third kappa shape index (κ3) is 1.42. The first-order chi connectivity index (χ1) is 5.17. The number of sulfone groups is 1. The molecule has 0 spiro atoms. The van der Waals surface area contributed by atoms with Crippen LogP contribution in [0.3, 0.4) is 0 Å². The lowest BCUT2D eigenvalue weighted by Gasteiger charge is -2.24. The summed E-state index contributed by atoms with van der Waals surface area (Å²) in [6, 6.07) is 0.499. The van der Waals surface area contributed by atoms with E-state index >= 15 is 0 Å². The van der Waals surface area contributed by atoms with E-state index in [4.69, 9.17) is 0 Å². The molecule has 3 nitrogen and oxygen atoms in total. The summed E-state index contributed by atoms with van der Waals surface area (Å²) in [7, 11) is -2.68. The molecular formula is C7H13NO2S. The lowest BCUT2D eigenvalue weighted by Crippen LogP contribution is -2.38. The van der Waals surface area contributed by atoms with E-state index in [1.54, 1.807) is 0 Å². The zero-order chi connectivity index (χ0) is 7.90. The largest absolute Gasteiger partial charge is 0.314 e. The first kappa shape index (κ1) is 7.55. The molecule has 2 rings (SSSR count). The smallest absolute Gasteiger partial charge is 0.150 e. The predicted molar refractivity (Wildman–Crippen MR) is 43.2 cm³/mol. The van der Waals surface area contributed by atoms with Crippen LogP contribution in [0, 0.1) is 5.92 Å². The van der Waals surface area contributed by atoms with E-state index in [1.807, 2.05) is 0 Å². The van der Waals surface area contributed by atoms with E-state index in [2.05, 4.69) is 5.32 Å². The molecule has 0 aliphatic carbocycles. The Morgan fingerprint density at radius 3 is 2.91 bits per heavy atom. The molecule has 11 heavy (non-hydrogen) atoms. The van der Waals surface area contributed by atoms with Crippen molar-refractivity contribution in [2.45, 2.75) is 18.9 Å². The topological polar surface area (TPSA) is 46.2 Å². The van der Waals surface area contributed by atoms with Gasteiger partial charge in [-0.3, -0.25) is 0 Å². The van der Waals surface area contributed by atoms with E-state index in [0.29, 0.717) is 23.5 Å². The van der Waals surface area contributed by atoms with Crippen LogP contribution in [0.4, 0.5) is 0 Å². The SMILES string of the molecule is O=S1(=O)CC[C@H]2NCC[C@@H]2C1. The van der Waals surface area contributed by atoms with E-state index in [9.17, 15) is 8.42 Å². The maximum atomic E-state index is 11.2. The van der Waals surface area contributed by atoms with Crippen LogP contribution in [-0.4, -0.2) is 32.5 Å².